The number of hydrogen-bond donors (Lipinski definition) is 6. The van der Waals surface area contributed by atoms with E-state index >= 15 is 0 Å². The number of carboxylic acid groups (broad SMARTS) is 2. The van der Waals surface area contributed by atoms with Gasteiger partial charge in [0.05, 0.1) is 17.1 Å². The number of benzene rings is 5. The molecule has 0 radical (unpaired) electrons. The lowest BCUT2D eigenvalue weighted by Crippen LogP contribution is -2.48. The largest absolute Gasteiger partial charge is 0.480 e. The summed E-state index contributed by atoms with van der Waals surface area (Å²) in [6.07, 6.45) is 11.1. The first kappa shape index (κ1) is 65.1. The number of nitrogens with one attached hydrogen (secondary N) is 3. The van der Waals surface area contributed by atoms with E-state index in [4.69, 9.17) is 49.5 Å². The smallest absolute Gasteiger partial charge is 0.328 e. The fraction of sp³-hybridized carbons (Fsp3) is 0.431. The summed E-state index contributed by atoms with van der Waals surface area (Å²) >= 11 is 11.5. The number of amides is 2. The van der Waals surface area contributed by atoms with E-state index in [0.717, 1.165) is 97.0 Å². The SMILES string of the molecule is CNC(Cc1ccccc1)C(=O)O.COCCC1(C(=S)NC(Cc2ccc(N)cc2)C(=O)OC)CCCC1.COCCC1(C(=S)NC(Cc2ccc(N3C(=O)C(Cc4ccccc4)N(C(C)=O)C3c3ccccc3)cc2)C(=O)O)CCCC1. The van der Waals surface area contributed by atoms with Crippen LogP contribution in [0, 0.1) is 10.8 Å². The van der Waals surface area contributed by atoms with Gasteiger partial charge in [-0.1, -0.05) is 165 Å². The molecule has 3 fully saturated rings. The second kappa shape index (κ2) is 32.1. The average Bonchev–Trinajstić information content (AvgIpc) is 2.67. The topological polar surface area (TPSA) is 222 Å². The highest BCUT2D eigenvalue weighted by molar-refractivity contribution is 7.80. The molecule has 5 atom stereocenters. The van der Waals surface area contributed by atoms with E-state index in [0.29, 0.717) is 48.8 Å². The van der Waals surface area contributed by atoms with E-state index in [2.05, 4.69) is 16.0 Å². The molecular formula is C65H82N6O10S2. The Morgan fingerprint density at radius 1 is 0.614 bits per heavy atom. The number of ether oxygens (including phenoxy) is 3. The third kappa shape index (κ3) is 18.0. The summed E-state index contributed by atoms with van der Waals surface area (Å²) in [5.74, 6) is -2.44. The third-order valence-electron chi connectivity index (χ3n) is 16.2. The number of esters is 1. The molecule has 444 valence electrons. The monoisotopic (exact) mass is 1170 g/mol. The lowest BCUT2D eigenvalue weighted by Gasteiger charge is -2.32. The molecule has 0 spiro atoms. The van der Waals surface area contributed by atoms with E-state index in [-0.39, 0.29) is 35.0 Å². The van der Waals surface area contributed by atoms with Gasteiger partial charge in [0.1, 0.15) is 30.3 Å². The maximum atomic E-state index is 14.1. The van der Waals surface area contributed by atoms with Crippen molar-refractivity contribution >= 4 is 75.5 Å². The molecule has 0 bridgehead atoms. The van der Waals surface area contributed by atoms with Crippen molar-refractivity contribution < 1.29 is 48.4 Å². The Kier molecular flexibility index (Phi) is 25.2. The predicted octanol–water partition coefficient (Wildman–Crippen LogP) is 9.47. The molecule has 2 aliphatic carbocycles. The highest BCUT2D eigenvalue weighted by Gasteiger charge is 2.49. The Balaban J connectivity index is 0.000000242. The molecule has 0 aromatic heterocycles. The first-order valence-electron chi connectivity index (χ1n) is 28.5. The van der Waals surface area contributed by atoms with Crippen LogP contribution in [0.5, 0.6) is 0 Å². The molecule has 7 N–H and O–H groups in total. The van der Waals surface area contributed by atoms with Gasteiger partial charge < -0.3 is 51.0 Å². The summed E-state index contributed by atoms with van der Waals surface area (Å²) in [6, 6.07) is 41.2. The summed E-state index contributed by atoms with van der Waals surface area (Å²) in [5.41, 5.74) is 11.4. The van der Waals surface area contributed by atoms with Crippen LogP contribution < -0.4 is 26.6 Å². The van der Waals surface area contributed by atoms with E-state index in [1.807, 2.05) is 140 Å². The molecule has 16 nitrogen and oxygen atoms in total. The Morgan fingerprint density at radius 2 is 1.04 bits per heavy atom. The number of thiocarbonyl (C=S) groups is 2. The van der Waals surface area contributed by atoms with Crippen LogP contribution in [-0.4, -0.2) is 121 Å². The van der Waals surface area contributed by atoms with Crippen LogP contribution in [-0.2, 0) is 63.9 Å². The van der Waals surface area contributed by atoms with Crippen molar-refractivity contribution in [2.75, 3.05) is 52.2 Å². The molecule has 2 saturated carbocycles. The van der Waals surface area contributed by atoms with Gasteiger partial charge in [-0.05, 0) is 104 Å². The molecule has 5 unspecified atom stereocenters. The van der Waals surface area contributed by atoms with Crippen molar-refractivity contribution in [1.82, 2.24) is 20.9 Å². The Morgan fingerprint density at radius 3 is 1.48 bits per heavy atom. The molecule has 3 aliphatic rings. The van der Waals surface area contributed by atoms with Crippen LogP contribution in [0.4, 0.5) is 11.4 Å². The number of nitrogens with two attached hydrogens (primary N) is 1. The van der Waals surface area contributed by atoms with Crippen molar-refractivity contribution in [2.45, 2.75) is 127 Å². The molecule has 18 heteroatoms. The summed E-state index contributed by atoms with van der Waals surface area (Å²) in [7, 11) is 6.43. The predicted molar refractivity (Wildman–Crippen MR) is 332 cm³/mol. The van der Waals surface area contributed by atoms with E-state index < -0.39 is 42.3 Å². The molecule has 1 aliphatic heterocycles. The third-order valence-corrected chi connectivity index (χ3v) is 17.3. The molecule has 1 heterocycles. The molecule has 83 heavy (non-hydrogen) atoms. The summed E-state index contributed by atoms with van der Waals surface area (Å²) in [5, 5.41) is 28.1. The number of rotatable bonds is 24. The van der Waals surface area contributed by atoms with Crippen LogP contribution in [0.2, 0.25) is 0 Å². The van der Waals surface area contributed by atoms with Gasteiger partial charge in [0.2, 0.25) is 5.91 Å². The summed E-state index contributed by atoms with van der Waals surface area (Å²) in [6.45, 7) is 2.75. The number of aliphatic carboxylic acids is 2. The van der Waals surface area contributed by atoms with Gasteiger partial charge in [-0.25, -0.2) is 9.59 Å². The standard InChI is InChI=1S/C36H41N3O5S.C19H28N2O3S.C10H13NO2/c1-25(40)38-31(24-26-11-5-3-6-12-26)33(41)39(32(38)28-13-7-4-8-14-28)29-17-15-27(16-18-29)23-30(34(42)43)37-35(45)36(21-22-44-2)19-9-10-20-36;1-23-12-11-19(9-3-4-10-19)18(25)21-16(17(22)24-2)13-14-5-7-15(20)8-6-14;1-11-9(10(12)13)7-8-5-3-2-4-6-8/h3-8,11-18,30-32H,9-10,19-24H2,1-2H3,(H,37,45)(H,42,43);5-8,16H,3-4,9-13,20H2,1-2H3,(H,21,25);2-6,9,11H,7H2,1H3,(H,12,13). The number of carboxylic acids is 2. The van der Waals surface area contributed by atoms with Crippen molar-refractivity contribution in [2.24, 2.45) is 10.8 Å². The first-order chi connectivity index (χ1) is 40.0. The Labute approximate surface area is 499 Å². The Hall–Kier alpha value is -7.09. The van der Waals surface area contributed by atoms with E-state index in [1.165, 1.54) is 14.0 Å². The minimum Gasteiger partial charge on any atom is -0.480 e. The zero-order valence-corrected chi connectivity index (χ0v) is 50.1. The summed E-state index contributed by atoms with van der Waals surface area (Å²) < 4.78 is 15.6. The van der Waals surface area contributed by atoms with Crippen LogP contribution >= 0.6 is 24.4 Å². The molecule has 1 saturated heterocycles. The number of methoxy groups -OCH3 is 3. The lowest BCUT2D eigenvalue weighted by molar-refractivity contribution is -0.143. The van der Waals surface area contributed by atoms with Gasteiger partial charge in [0.15, 0.2) is 0 Å². The van der Waals surface area contributed by atoms with Gasteiger partial charge in [-0.15, -0.1) is 0 Å². The number of carbonyl (C=O) groups excluding carboxylic acids is 3. The van der Waals surface area contributed by atoms with Crippen LogP contribution in [0.25, 0.3) is 0 Å². The van der Waals surface area contributed by atoms with Crippen molar-refractivity contribution in [1.29, 1.82) is 0 Å². The van der Waals surface area contributed by atoms with E-state index in [9.17, 15) is 29.1 Å². The maximum Gasteiger partial charge on any atom is 0.328 e. The number of nitrogen functional groups attached to an aromatic ring is 1. The van der Waals surface area contributed by atoms with Gasteiger partial charge in [0.25, 0.3) is 5.91 Å². The van der Waals surface area contributed by atoms with Gasteiger partial charge in [-0.2, -0.15) is 0 Å². The number of nitrogens with zero attached hydrogens (tertiary/aromatic N) is 2. The second-order valence-corrected chi connectivity index (χ2v) is 22.5. The van der Waals surface area contributed by atoms with Gasteiger partial charge in [-0.3, -0.25) is 19.3 Å². The first-order valence-corrected chi connectivity index (χ1v) is 29.3. The molecule has 2 amide bonds. The Bertz CT molecular complexity index is 2890. The normalized spacial score (nSPS) is 17.8. The number of hydrogen-bond acceptors (Lipinski definition) is 12. The van der Waals surface area contributed by atoms with Crippen molar-refractivity contribution in [3.05, 3.63) is 167 Å². The molecular weight excluding hydrogens is 1090 g/mol. The second-order valence-electron chi connectivity index (χ2n) is 21.7. The fourth-order valence-corrected chi connectivity index (χ4v) is 12.3. The maximum absolute atomic E-state index is 14.1. The van der Waals surface area contributed by atoms with E-state index in [1.54, 1.807) is 31.1 Å². The van der Waals surface area contributed by atoms with Crippen LogP contribution in [0.15, 0.2) is 140 Å². The number of anilines is 2. The minimum atomic E-state index is -0.971. The van der Waals surface area contributed by atoms with Crippen molar-refractivity contribution in [3.8, 4) is 0 Å². The van der Waals surface area contributed by atoms with Gasteiger partial charge in [0, 0.05) is 75.8 Å². The lowest BCUT2D eigenvalue weighted by atomic mass is 9.82. The summed E-state index contributed by atoms with van der Waals surface area (Å²) in [4.78, 5) is 67.2. The zero-order valence-electron chi connectivity index (χ0n) is 48.4. The minimum absolute atomic E-state index is 0.0707. The highest BCUT2D eigenvalue weighted by atomic mass is 32.1. The van der Waals surface area contributed by atoms with Crippen molar-refractivity contribution in [3.63, 3.8) is 0 Å². The average molecular weight is 1170 g/mol. The van der Waals surface area contributed by atoms with Gasteiger partial charge >= 0.3 is 17.9 Å². The fourth-order valence-electron chi connectivity index (χ4n) is 11.4. The van der Waals surface area contributed by atoms with Crippen LogP contribution in [0.3, 0.4) is 0 Å². The molecule has 5 aromatic rings. The highest BCUT2D eigenvalue weighted by Crippen LogP contribution is 2.44. The zero-order chi connectivity index (χ0) is 59.9. The molecule has 8 rings (SSSR count). The quantitative estimate of drug-likeness (QED) is 0.0192. The van der Waals surface area contributed by atoms with Crippen LogP contribution in [0.1, 0.15) is 105 Å². The number of carbonyl (C=O) groups is 5. The number of likely N-dealkylation sites (N-methyl/N-ethyl adjacent to an activating group) is 1. The molecule has 5 aromatic carbocycles.